The lowest BCUT2D eigenvalue weighted by Crippen LogP contribution is -2.35. The van der Waals surface area contributed by atoms with E-state index in [0.717, 1.165) is 12.0 Å². The predicted octanol–water partition coefficient (Wildman–Crippen LogP) is 1.38. The highest BCUT2D eigenvalue weighted by Gasteiger charge is 2.11. The fraction of sp³-hybridized carbons (Fsp3) is 0.455. The number of ether oxygens (including phenoxy) is 1. The molecule has 6 heteroatoms. The van der Waals surface area contributed by atoms with E-state index < -0.39 is 17.5 Å². The summed E-state index contributed by atoms with van der Waals surface area (Å²) in [6, 6.07) is 7.37. The molecular weight excluding hydrogens is 240 g/mol. The molecule has 1 aromatic carbocycles. The van der Waals surface area contributed by atoms with Gasteiger partial charge >= 0.3 is 0 Å². The second-order valence-corrected chi connectivity index (χ2v) is 4.35. The van der Waals surface area contributed by atoms with Crippen molar-refractivity contribution in [1.82, 2.24) is 4.72 Å². The van der Waals surface area contributed by atoms with Gasteiger partial charge in [0, 0.05) is 6.54 Å². The van der Waals surface area contributed by atoms with Crippen LogP contribution in [0.25, 0.3) is 0 Å². The van der Waals surface area contributed by atoms with Gasteiger partial charge < -0.3 is 10.5 Å². The molecule has 0 bridgehead atoms. The van der Waals surface area contributed by atoms with Crippen molar-refractivity contribution in [3.63, 3.8) is 0 Å². The predicted molar refractivity (Wildman–Crippen MR) is 67.6 cm³/mol. The van der Waals surface area contributed by atoms with Gasteiger partial charge in [-0.3, -0.25) is 4.55 Å². The van der Waals surface area contributed by atoms with Crippen LogP contribution in [0, 0.1) is 0 Å². The van der Waals surface area contributed by atoms with E-state index in [9.17, 15) is 4.21 Å². The first-order chi connectivity index (χ1) is 8.15. The second-order valence-electron chi connectivity index (χ2n) is 3.61. The molecule has 1 aromatic rings. The summed E-state index contributed by atoms with van der Waals surface area (Å²) in [7, 11) is 0. The van der Waals surface area contributed by atoms with Gasteiger partial charge in [0.15, 0.2) is 6.23 Å². The number of nitrogens with two attached hydrogens (primary N) is 1. The first-order valence-corrected chi connectivity index (χ1v) is 6.59. The average molecular weight is 258 g/mol. The van der Waals surface area contributed by atoms with Gasteiger partial charge in [-0.2, -0.15) is 4.72 Å². The van der Waals surface area contributed by atoms with Gasteiger partial charge in [0.2, 0.25) is 11.3 Å². The minimum Gasteiger partial charge on any atom is -0.474 e. The Balaban J connectivity index is 2.67. The second kappa shape index (κ2) is 7.39. The maximum atomic E-state index is 10.7. The highest BCUT2D eigenvalue weighted by molar-refractivity contribution is 7.77. The van der Waals surface area contributed by atoms with Crippen LogP contribution >= 0.6 is 0 Å². The molecule has 4 N–H and O–H groups in total. The van der Waals surface area contributed by atoms with Crippen LogP contribution in [0.1, 0.15) is 25.3 Å². The molecule has 5 nitrogen and oxygen atoms in total. The summed E-state index contributed by atoms with van der Waals surface area (Å²) in [6.45, 7) is 2.42. The van der Waals surface area contributed by atoms with Crippen molar-refractivity contribution in [2.45, 2.75) is 32.5 Å². The van der Waals surface area contributed by atoms with E-state index in [1.807, 2.05) is 25.1 Å². The standard InChI is InChI=1S/C11H18N2O3S/c1-2-4-11(13-17(14)15)16-10-6-3-5-9(7-10)8-12/h3,5-7,11,13H,2,4,8,12H2,1H3,(H,14,15). The molecule has 0 spiro atoms. The topological polar surface area (TPSA) is 84.6 Å². The third-order valence-electron chi connectivity index (χ3n) is 2.20. The summed E-state index contributed by atoms with van der Waals surface area (Å²) in [5.74, 6) is 0.643. The molecule has 2 atom stereocenters. The van der Waals surface area contributed by atoms with E-state index in [4.69, 9.17) is 15.0 Å². The van der Waals surface area contributed by atoms with Gasteiger partial charge in [0.05, 0.1) is 0 Å². The van der Waals surface area contributed by atoms with Crippen LogP contribution in [0.4, 0.5) is 0 Å². The number of rotatable bonds is 7. The lowest BCUT2D eigenvalue weighted by Gasteiger charge is -2.18. The van der Waals surface area contributed by atoms with Crippen LogP contribution in [0.15, 0.2) is 24.3 Å². The van der Waals surface area contributed by atoms with Gasteiger partial charge in [0.25, 0.3) is 0 Å². The first-order valence-electron chi connectivity index (χ1n) is 5.48. The summed E-state index contributed by atoms with van der Waals surface area (Å²) < 4.78 is 27.5. The smallest absolute Gasteiger partial charge is 0.234 e. The van der Waals surface area contributed by atoms with Gasteiger partial charge in [-0.25, -0.2) is 4.21 Å². The third kappa shape index (κ3) is 5.27. The van der Waals surface area contributed by atoms with Crippen molar-refractivity contribution in [1.29, 1.82) is 0 Å². The monoisotopic (exact) mass is 258 g/mol. The maximum absolute atomic E-state index is 10.7. The Hall–Kier alpha value is -0.950. The zero-order valence-electron chi connectivity index (χ0n) is 9.76. The molecule has 2 unspecified atom stereocenters. The van der Waals surface area contributed by atoms with Crippen molar-refractivity contribution in [2.75, 3.05) is 0 Å². The Morgan fingerprint density at radius 1 is 1.59 bits per heavy atom. The molecule has 0 saturated carbocycles. The molecule has 0 aromatic heterocycles. The van der Waals surface area contributed by atoms with E-state index >= 15 is 0 Å². The Labute approximate surface area is 104 Å². The lowest BCUT2D eigenvalue weighted by molar-refractivity contribution is 0.178. The SMILES string of the molecule is CCCC(NS(=O)O)Oc1cccc(CN)c1. The number of hydrogen-bond donors (Lipinski definition) is 3. The normalized spacial score (nSPS) is 14.3. The van der Waals surface area contributed by atoms with Crippen molar-refractivity contribution in [3.8, 4) is 5.75 Å². The van der Waals surface area contributed by atoms with E-state index in [1.54, 1.807) is 6.07 Å². The van der Waals surface area contributed by atoms with Crippen LogP contribution in [0.3, 0.4) is 0 Å². The summed E-state index contributed by atoms with van der Waals surface area (Å²) in [6.07, 6.45) is 1.03. The summed E-state index contributed by atoms with van der Waals surface area (Å²) >= 11 is -2.08. The maximum Gasteiger partial charge on any atom is 0.234 e. The van der Waals surface area contributed by atoms with E-state index in [1.165, 1.54) is 0 Å². The molecule has 96 valence electrons. The molecule has 17 heavy (non-hydrogen) atoms. The van der Waals surface area contributed by atoms with Crippen molar-refractivity contribution >= 4 is 11.3 Å². The molecule has 0 amide bonds. The number of hydrogen-bond acceptors (Lipinski definition) is 3. The van der Waals surface area contributed by atoms with Crippen LogP contribution in [-0.4, -0.2) is 15.0 Å². The van der Waals surface area contributed by atoms with Crippen molar-refractivity contribution in [2.24, 2.45) is 5.73 Å². The highest BCUT2D eigenvalue weighted by Crippen LogP contribution is 2.15. The minimum absolute atomic E-state index is 0.439. The molecule has 0 aliphatic heterocycles. The van der Waals surface area contributed by atoms with Crippen LogP contribution in [-0.2, 0) is 17.8 Å². The van der Waals surface area contributed by atoms with Gasteiger partial charge in [-0.1, -0.05) is 25.5 Å². The van der Waals surface area contributed by atoms with Crippen molar-refractivity contribution < 1.29 is 13.5 Å². The Morgan fingerprint density at radius 2 is 2.35 bits per heavy atom. The third-order valence-corrected chi connectivity index (χ3v) is 2.66. The largest absolute Gasteiger partial charge is 0.474 e. The molecule has 1 rings (SSSR count). The highest BCUT2D eigenvalue weighted by atomic mass is 32.2. The minimum atomic E-state index is -2.08. The molecule has 0 aliphatic rings. The zero-order valence-corrected chi connectivity index (χ0v) is 10.6. The molecule has 0 aliphatic carbocycles. The molecule has 0 heterocycles. The van der Waals surface area contributed by atoms with Gasteiger partial charge in [0.1, 0.15) is 5.75 Å². The first kappa shape index (κ1) is 14.1. The van der Waals surface area contributed by atoms with Gasteiger partial charge in [-0.15, -0.1) is 0 Å². The van der Waals surface area contributed by atoms with Crippen molar-refractivity contribution in [3.05, 3.63) is 29.8 Å². The van der Waals surface area contributed by atoms with E-state index in [0.29, 0.717) is 18.7 Å². The Bertz CT molecular complexity index is 373. The zero-order chi connectivity index (χ0) is 12.7. The lowest BCUT2D eigenvalue weighted by atomic mass is 10.2. The molecule has 0 fully saturated rings. The van der Waals surface area contributed by atoms with Gasteiger partial charge in [-0.05, 0) is 24.1 Å². The fourth-order valence-electron chi connectivity index (χ4n) is 1.43. The summed E-state index contributed by atoms with van der Waals surface area (Å²) in [5, 5.41) is 0. The average Bonchev–Trinajstić information content (AvgIpc) is 2.29. The van der Waals surface area contributed by atoms with Crippen LogP contribution in [0.5, 0.6) is 5.75 Å². The summed E-state index contributed by atoms with van der Waals surface area (Å²) in [5.41, 5.74) is 6.49. The number of nitrogens with one attached hydrogen (secondary N) is 1. The summed E-state index contributed by atoms with van der Waals surface area (Å²) in [4.78, 5) is 0. The molecular formula is C11H18N2O3S. The quantitative estimate of drug-likeness (QED) is 0.509. The number of benzene rings is 1. The molecule has 0 radical (unpaired) electrons. The Kier molecular flexibility index (Phi) is 6.13. The van der Waals surface area contributed by atoms with E-state index in [2.05, 4.69) is 4.72 Å². The Morgan fingerprint density at radius 3 is 2.94 bits per heavy atom. The van der Waals surface area contributed by atoms with E-state index in [-0.39, 0.29) is 0 Å². The fourth-order valence-corrected chi connectivity index (χ4v) is 1.82. The van der Waals surface area contributed by atoms with Crippen LogP contribution < -0.4 is 15.2 Å². The van der Waals surface area contributed by atoms with Crippen LogP contribution in [0.2, 0.25) is 0 Å². The molecule has 0 saturated heterocycles.